The molecule has 0 fully saturated rings. The maximum absolute atomic E-state index is 4.74. The number of hydrogen-bond acceptors (Lipinski definition) is 3. The number of nitrogens with zero attached hydrogens (tertiary/aromatic N) is 2. The maximum atomic E-state index is 4.74. The average Bonchev–Trinajstić information content (AvgIpc) is 2.19. The molecule has 68 valence electrons. The Hall–Kier alpha value is -1.12. The minimum atomic E-state index is 0.549. The number of rotatable bonds is 2. The lowest BCUT2D eigenvalue weighted by atomic mass is 10.4. The number of hydrogen-bond donors (Lipinski definition) is 0. The molecule has 0 saturated heterocycles. The molecule has 3 heteroatoms. The van der Waals surface area contributed by atoms with E-state index < -0.39 is 0 Å². The monoisotopic (exact) mass is 168 g/mol. The Morgan fingerprint density at radius 2 is 1.92 bits per heavy atom. The molecule has 1 rings (SSSR count). The lowest BCUT2D eigenvalue weighted by Crippen LogP contribution is -1.85. The van der Waals surface area contributed by atoms with Crippen LogP contribution in [0.2, 0.25) is 0 Å². The first-order chi connectivity index (χ1) is 5.85. The lowest BCUT2D eigenvalue weighted by Gasteiger charge is -1.91. The van der Waals surface area contributed by atoms with E-state index in [1.807, 2.05) is 0 Å². The molecule has 0 bridgehead atoms. The molecule has 0 aliphatic heterocycles. The maximum Gasteiger partial charge on any atom is 0.231 e. The Kier molecular flexibility index (Phi) is 7.24. The van der Waals surface area contributed by atoms with Crippen LogP contribution in [0.15, 0.2) is 18.6 Å². The predicted molar refractivity (Wildman–Crippen MR) is 49.2 cm³/mol. The van der Waals surface area contributed by atoms with Crippen molar-refractivity contribution in [1.82, 2.24) is 9.97 Å². The molecule has 0 aliphatic rings. The normalized spacial score (nSPS) is 8.25. The van der Waals surface area contributed by atoms with Crippen LogP contribution < -0.4 is 4.74 Å². The van der Waals surface area contributed by atoms with E-state index in [1.54, 1.807) is 25.7 Å². The first-order valence-electron chi connectivity index (χ1n) is 4.15. The highest BCUT2D eigenvalue weighted by Crippen LogP contribution is 1.96. The van der Waals surface area contributed by atoms with Crippen molar-refractivity contribution in [3.63, 3.8) is 0 Å². The largest absolute Gasteiger partial charge is 0.480 e. The molecule has 0 N–H and O–H groups in total. The zero-order valence-electron chi connectivity index (χ0n) is 7.95. The SMILES string of the molecule is CCCC.COc1cnccn1. The van der Waals surface area contributed by atoms with Gasteiger partial charge in [0.15, 0.2) is 0 Å². The van der Waals surface area contributed by atoms with Gasteiger partial charge in [-0.05, 0) is 0 Å². The molecule has 12 heavy (non-hydrogen) atoms. The predicted octanol–water partition coefficient (Wildman–Crippen LogP) is 2.29. The molecule has 1 aromatic rings. The molecule has 0 saturated carbocycles. The standard InChI is InChI=1S/C5H6N2O.C4H10/c1-8-5-4-6-2-3-7-5;1-3-4-2/h2-4H,1H3;3-4H2,1-2H3. The van der Waals surface area contributed by atoms with Crippen LogP contribution in [0.25, 0.3) is 0 Å². The first-order valence-corrected chi connectivity index (χ1v) is 4.15. The van der Waals surface area contributed by atoms with Crippen molar-refractivity contribution >= 4 is 0 Å². The second-order valence-corrected chi connectivity index (χ2v) is 2.25. The van der Waals surface area contributed by atoms with Gasteiger partial charge in [-0.25, -0.2) is 4.98 Å². The highest BCUT2D eigenvalue weighted by atomic mass is 16.5. The molecule has 1 aromatic heterocycles. The number of aromatic nitrogens is 2. The average molecular weight is 168 g/mol. The van der Waals surface area contributed by atoms with Crippen LogP contribution in [0.3, 0.4) is 0 Å². The Bertz CT molecular complexity index is 175. The number of unbranched alkanes of at least 4 members (excludes halogenated alkanes) is 1. The fraction of sp³-hybridized carbons (Fsp3) is 0.556. The second kappa shape index (κ2) is 7.98. The van der Waals surface area contributed by atoms with Crippen molar-refractivity contribution in [3.8, 4) is 5.88 Å². The van der Waals surface area contributed by atoms with Gasteiger partial charge in [0.2, 0.25) is 5.88 Å². The van der Waals surface area contributed by atoms with Gasteiger partial charge in [0.05, 0.1) is 13.3 Å². The van der Waals surface area contributed by atoms with Crippen molar-refractivity contribution < 1.29 is 4.74 Å². The van der Waals surface area contributed by atoms with Gasteiger partial charge in [0.25, 0.3) is 0 Å². The van der Waals surface area contributed by atoms with Crippen LogP contribution >= 0.6 is 0 Å². The van der Waals surface area contributed by atoms with E-state index in [2.05, 4.69) is 23.8 Å². The summed E-state index contributed by atoms with van der Waals surface area (Å²) < 4.78 is 4.74. The van der Waals surface area contributed by atoms with Gasteiger partial charge in [0, 0.05) is 12.4 Å². The summed E-state index contributed by atoms with van der Waals surface area (Å²) in [6.45, 7) is 4.36. The van der Waals surface area contributed by atoms with Crippen molar-refractivity contribution in [2.75, 3.05) is 7.11 Å². The van der Waals surface area contributed by atoms with Crippen LogP contribution in [0, 0.1) is 0 Å². The third kappa shape index (κ3) is 5.65. The summed E-state index contributed by atoms with van der Waals surface area (Å²) in [4.78, 5) is 7.58. The summed E-state index contributed by atoms with van der Waals surface area (Å²) in [5, 5.41) is 0. The van der Waals surface area contributed by atoms with E-state index in [-0.39, 0.29) is 0 Å². The van der Waals surface area contributed by atoms with E-state index in [1.165, 1.54) is 12.8 Å². The Balaban J connectivity index is 0.000000261. The highest BCUT2D eigenvalue weighted by Gasteiger charge is 1.83. The first kappa shape index (κ1) is 10.9. The summed E-state index contributed by atoms with van der Waals surface area (Å²) >= 11 is 0. The van der Waals surface area contributed by atoms with E-state index in [9.17, 15) is 0 Å². The number of methoxy groups -OCH3 is 1. The van der Waals surface area contributed by atoms with E-state index in [4.69, 9.17) is 4.74 Å². The third-order valence-electron chi connectivity index (χ3n) is 1.25. The van der Waals surface area contributed by atoms with Crippen molar-refractivity contribution in [2.24, 2.45) is 0 Å². The molecule has 0 atom stereocenters. The number of ether oxygens (including phenoxy) is 1. The van der Waals surface area contributed by atoms with Gasteiger partial charge in [-0.3, -0.25) is 4.98 Å². The molecular formula is C9H16N2O. The van der Waals surface area contributed by atoms with Gasteiger partial charge in [0.1, 0.15) is 0 Å². The van der Waals surface area contributed by atoms with Crippen LogP contribution in [-0.4, -0.2) is 17.1 Å². The molecule has 0 spiro atoms. The molecule has 0 amide bonds. The van der Waals surface area contributed by atoms with Crippen LogP contribution in [0.5, 0.6) is 5.88 Å². The molecule has 1 heterocycles. The zero-order valence-corrected chi connectivity index (χ0v) is 7.95. The minimum Gasteiger partial charge on any atom is -0.480 e. The quantitative estimate of drug-likeness (QED) is 0.679. The van der Waals surface area contributed by atoms with Crippen molar-refractivity contribution in [3.05, 3.63) is 18.6 Å². The van der Waals surface area contributed by atoms with Crippen molar-refractivity contribution in [2.45, 2.75) is 26.7 Å². The van der Waals surface area contributed by atoms with Crippen molar-refractivity contribution in [1.29, 1.82) is 0 Å². The summed E-state index contributed by atoms with van der Waals surface area (Å²) in [5.74, 6) is 0.549. The van der Waals surface area contributed by atoms with E-state index >= 15 is 0 Å². The smallest absolute Gasteiger partial charge is 0.231 e. The lowest BCUT2D eigenvalue weighted by molar-refractivity contribution is 0.395. The summed E-state index contributed by atoms with van der Waals surface area (Å²) in [6.07, 6.45) is 7.38. The minimum absolute atomic E-state index is 0.549. The Morgan fingerprint density at radius 3 is 2.17 bits per heavy atom. The van der Waals surface area contributed by atoms with Gasteiger partial charge in [-0.1, -0.05) is 26.7 Å². The molecule has 3 nitrogen and oxygen atoms in total. The summed E-state index contributed by atoms with van der Waals surface area (Å²) in [5.41, 5.74) is 0. The zero-order chi connectivity index (χ0) is 9.23. The van der Waals surface area contributed by atoms with Crippen LogP contribution in [-0.2, 0) is 0 Å². The molecular weight excluding hydrogens is 152 g/mol. The van der Waals surface area contributed by atoms with E-state index in [0.29, 0.717) is 5.88 Å². The molecule has 0 aromatic carbocycles. The molecule has 0 aliphatic carbocycles. The third-order valence-corrected chi connectivity index (χ3v) is 1.25. The topological polar surface area (TPSA) is 35.0 Å². The van der Waals surface area contributed by atoms with Crippen LogP contribution in [0.4, 0.5) is 0 Å². The second-order valence-electron chi connectivity index (χ2n) is 2.25. The fourth-order valence-electron chi connectivity index (χ4n) is 0.391. The van der Waals surface area contributed by atoms with Gasteiger partial charge >= 0.3 is 0 Å². The summed E-state index contributed by atoms with van der Waals surface area (Å²) in [7, 11) is 1.56. The van der Waals surface area contributed by atoms with E-state index in [0.717, 1.165) is 0 Å². The van der Waals surface area contributed by atoms with Crippen LogP contribution in [0.1, 0.15) is 26.7 Å². The Morgan fingerprint density at radius 1 is 1.25 bits per heavy atom. The van der Waals surface area contributed by atoms with Gasteiger partial charge < -0.3 is 4.74 Å². The highest BCUT2D eigenvalue weighted by molar-refractivity contribution is 5.00. The Labute approximate surface area is 73.8 Å². The fourth-order valence-corrected chi connectivity index (χ4v) is 0.391. The summed E-state index contributed by atoms with van der Waals surface area (Å²) in [6, 6.07) is 0. The van der Waals surface area contributed by atoms with Gasteiger partial charge in [-0.2, -0.15) is 0 Å². The van der Waals surface area contributed by atoms with Gasteiger partial charge in [-0.15, -0.1) is 0 Å². The molecule has 0 radical (unpaired) electrons. The molecule has 0 unspecified atom stereocenters.